The Kier molecular flexibility index (Phi) is 8.23. The van der Waals surface area contributed by atoms with E-state index in [4.69, 9.17) is 4.74 Å². The lowest BCUT2D eigenvalue weighted by Gasteiger charge is -2.31. The largest absolute Gasteiger partial charge is 0.467 e. The minimum Gasteiger partial charge on any atom is -0.467 e. The predicted octanol–water partition coefficient (Wildman–Crippen LogP) is 2.64. The number of carbonyl (C=O) groups excluding carboxylic acids is 3. The smallest absolute Gasteiger partial charge is 0.328 e. The summed E-state index contributed by atoms with van der Waals surface area (Å²) < 4.78 is 4.80. The van der Waals surface area contributed by atoms with Gasteiger partial charge >= 0.3 is 5.97 Å². The summed E-state index contributed by atoms with van der Waals surface area (Å²) in [4.78, 5) is 38.6. The summed E-state index contributed by atoms with van der Waals surface area (Å²) in [6.07, 6.45) is 5.10. The molecule has 0 bridgehead atoms. The lowest BCUT2D eigenvalue weighted by Crippen LogP contribution is -2.48. The van der Waals surface area contributed by atoms with Gasteiger partial charge in [0, 0.05) is 25.1 Å². The SMILES string of the molecule is COC(=O)C(CC(C)C)NC(=O)C1CCN(C(=O)C=Cc2ccccc2)CC1. The highest BCUT2D eigenvalue weighted by Crippen LogP contribution is 2.19. The van der Waals surface area contributed by atoms with Gasteiger partial charge in [-0.3, -0.25) is 9.59 Å². The van der Waals surface area contributed by atoms with Crippen LogP contribution in [0.2, 0.25) is 0 Å². The number of nitrogens with one attached hydrogen (secondary N) is 1. The van der Waals surface area contributed by atoms with E-state index in [0.717, 1.165) is 5.56 Å². The molecule has 1 fully saturated rings. The molecule has 28 heavy (non-hydrogen) atoms. The van der Waals surface area contributed by atoms with Crippen LogP contribution in [0.5, 0.6) is 0 Å². The van der Waals surface area contributed by atoms with Crippen molar-refractivity contribution < 1.29 is 19.1 Å². The van der Waals surface area contributed by atoms with Crippen LogP contribution in [-0.2, 0) is 19.1 Å². The molecule has 0 saturated carbocycles. The van der Waals surface area contributed by atoms with Gasteiger partial charge in [0.05, 0.1) is 7.11 Å². The molecule has 6 heteroatoms. The second-order valence-electron chi connectivity index (χ2n) is 7.56. The van der Waals surface area contributed by atoms with Gasteiger partial charge in [-0.25, -0.2) is 4.79 Å². The van der Waals surface area contributed by atoms with E-state index in [1.807, 2.05) is 44.2 Å². The summed E-state index contributed by atoms with van der Waals surface area (Å²) in [5, 5.41) is 2.83. The van der Waals surface area contributed by atoms with Gasteiger partial charge in [-0.15, -0.1) is 0 Å². The average molecular weight is 386 g/mol. The Morgan fingerprint density at radius 1 is 1.18 bits per heavy atom. The van der Waals surface area contributed by atoms with Crippen LogP contribution in [0.4, 0.5) is 0 Å². The van der Waals surface area contributed by atoms with Crippen LogP contribution in [0.25, 0.3) is 6.08 Å². The van der Waals surface area contributed by atoms with Gasteiger partial charge in [0.1, 0.15) is 6.04 Å². The highest BCUT2D eigenvalue weighted by Gasteiger charge is 2.30. The number of amides is 2. The fraction of sp³-hybridized carbons (Fsp3) is 0.500. The highest BCUT2D eigenvalue weighted by molar-refractivity contribution is 5.92. The molecule has 1 aromatic rings. The summed E-state index contributed by atoms with van der Waals surface area (Å²) in [6, 6.07) is 9.04. The van der Waals surface area contributed by atoms with Crippen molar-refractivity contribution in [2.45, 2.75) is 39.2 Å². The molecule has 0 aliphatic carbocycles. The summed E-state index contributed by atoms with van der Waals surface area (Å²) in [5.41, 5.74) is 0.976. The molecule has 1 saturated heterocycles. The Bertz CT molecular complexity index is 692. The van der Waals surface area contributed by atoms with Crippen LogP contribution < -0.4 is 5.32 Å². The number of rotatable bonds is 7. The van der Waals surface area contributed by atoms with Crippen molar-refractivity contribution in [2.24, 2.45) is 11.8 Å². The zero-order valence-corrected chi connectivity index (χ0v) is 16.9. The van der Waals surface area contributed by atoms with Crippen LogP contribution in [0.15, 0.2) is 36.4 Å². The van der Waals surface area contributed by atoms with Gasteiger partial charge < -0.3 is 15.0 Å². The lowest BCUT2D eigenvalue weighted by atomic mass is 9.94. The van der Waals surface area contributed by atoms with Crippen LogP contribution in [0, 0.1) is 11.8 Å². The summed E-state index contributed by atoms with van der Waals surface area (Å²) in [5.74, 6) is -0.527. The minimum absolute atomic E-state index is 0.0463. The molecular weight excluding hydrogens is 356 g/mol. The Morgan fingerprint density at radius 2 is 1.82 bits per heavy atom. The van der Waals surface area contributed by atoms with Gasteiger partial charge in [-0.1, -0.05) is 44.2 Å². The van der Waals surface area contributed by atoms with E-state index in [0.29, 0.717) is 32.4 Å². The van der Waals surface area contributed by atoms with Crippen molar-refractivity contribution in [3.05, 3.63) is 42.0 Å². The highest BCUT2D eigenvalue weighted by atomic mass is 16.5. The number of benzene rings is 1. The van der Waals surface area contributed by atoms with E-state index in [-0.39, 0.29) is 23.7 Å². The van der Waals surface area contributed by atoms with Gasteiger partial charge in [0.2, 0.25) is 11.8 Å². The molecule has 2 rings (SSSR count). The van der Waals surface area contributed by atoms with Crippen LogP contribution in [0.3, 0.4) is 0 Å². The average Bonchev–Trinajstić information content (AvgIpc) is 2.71. The molecule has 0 spiro atoms. The maximum atomic E-state index is 12.6. The van der Waals surface area contributed by atoms with Gasteiger partial charge in [0.15, 0.2) is 0 Å². The molecular formula is C22H30N2O4. The topological polar surface area (TPSA) is 75.7 Å². The fourth-order valence-electron chi connectivity index (χ4n) is 3.32. The van der Waals surface area contributed by atoms with Crippen molar-refractivity contribution in [3.8, 4) is 0 Å². The number of methoxy groups -OCH3 is 1. The Balaban J connectivity index is 1.84. The number of hydrogen-bond acceptors (Lipinski definition) is 4. The first kappa shape index (κ1) is 21.7. The number of piperidine rings is 1. The zero-order valence-electron chi connectivity index (χ0n) is 16.9. The van der Waals surface area contributed by atoms with E-state index >= 15 is 0 Å². The van der Waals surface area contributed by atoms with Crippen molar-refractivity contribution in [3.63, 3.8) is 0 Å². The number of ether oxygens (including phenoxy) is 1. The molecule has 1 aliphatic rings. The van der Waals surface area contributed by atoms with Crippen LogP contribution >= 0.6 is 0 Å². The third-order valence-corrected chi connectivity index (χ3v) is 4.90. The van der Waals surface area contributed by atoms with Gasteiger partial charge in [-0.2, -0.15) is 0 Å². The molecule has 1 atom stereocenters. The first-order chi connectivity index (χ1) is 13.4. The van der Waals surface area contributed by atoms with Gasteiger partial charge in [0.25, 0.3) is 0 Å². The molecule has 0 aromatic heterocycles. The Hall–Kier alpha value is -2.63. The minimum atomic E-state index is -0.619. The molecule has 2 amide bonds. The number of nitrogens with zero attached hydrogens (tertiary/aromatic N) is 1. The number of carbonyl (C=O) groups is 3. The number of hydrogen-bond donors (Lipinski definition) is 1. The van der Waals surface area contributed by atoms with E-state index in [2.05, 4.69) is 5.32 Å². The molecule has 1 N–H and O–H groups in total. The maximum absolute atomic E-state index is 12.6. The van der Waals surface area contributed by atoms with E-state index in [1.54, 1.807) is 17.1 Å². The zero-order chi connectivity index (χ0) is 20.5. The monoisotopic (exact) mass is 386 g/mol. The normalized spacial score (nSPS) is 16.2. The van der Waals surface area contributed by atoms with E-state index in [1.165, 1.54) is 7.11 Å². The van der Waals surface area contributed by atoms with Crippen molar-refractivity contribution in [1.82, 2.24) is 10.2 Å². The van der Waals surface area contributed by atoms with Crippen molar-refractivity contribution in [1.29, 1.82) is 0 Å². The third kappa shape index (κ3) is 6.51. The molecule has 1 unspecified atom stereocenters. The lowest BCUT2D eigenvalue weighted by molar-refractivity contribution is -0.146. The summed E-state index contributed by atoms with van der Waals surface area (Å²) in [7, 11) is 1.33. The van der Waals surface area contributed by atoms with Crippen LogP contribution in [-0.4, -0.2) is 48.9 Å². The van der Waals surface area contributed by atoms with E-state index < -0.39 is 12.0 Å². The first-order valence-electron chi connectivity index (χ1n) is 9.81. The third-order valence-electron chi connectivity index (χ3n) is 4.90. The molecule has 152 valence electrons. The van der Waals surface area contributed by atoms with Gasteiger partial charge in [-0.05, 0) is 36.8 Å². The molecule has 1 aliphatic heterocycles. The predicted molar refractivity (Wildman–Crippen MR) is 108 cm³/mol. The summed E-state index contributed by atoms with van der Waals surface area (Å²) >= 11 is 0. The quantitative estimate of drug-likeness (QED) is 0.577. The van der Waals surface area contributed by atoms with Crippen molar-refractivity contribution >= 4 is 23.9 Å². The summed E-state index contributed by atoms with van der Waals surface area (Å²) in [6.45, 7) is 5.05. The fourth-order valence-corrected chi connectivity index (χ4v) is 3.32. The maximum Gasteiger partial charge on any atom is 0.328 e. The second kappa shape index (κ2) is 10.6. The van der Waals surface area contributed by atoms with E-state index in [9.17, 15) is 14.4 Å². The van der Waals surface area contributed by atoms with Crippen LogP contribution in [0.1, 0.15) is 38.7 Å². The standard InChI is InChI=1S/C22H30N2O4/c1-16(2)15-19(22(27)28-3)23-21(26)18-11-13-24(14-12-18)20(25)10-9-17-7-5-4-6-8-17/h4-10,16,18-19H,11-15H2,1-3H3,(H,23,26). The number of esters is 1. The molecule has 0 radical (unpaired) electrons. The number of likely N-dealkylation sites (tertiary alicyclic amines) is 1. The Morgan fingerprint density at radius 3 is 2.39 bits per heavy atom. The van der Waals surface area contributed by atoms with Crippen molar-refractivity contribution in [2.75, 3.05) is 20.2 Å². The molecule has 6 nitrogen and oxygen atoms in total. The first-order valence-corrected chi connectivity index (χ1v) is 9.81. The second-order valence-corrected chi connectivity index (χ2v) is 7.56. The molecule has 1 aromatic carbocycles. The molecule has 1 heterocycles. The Labute approximate surface area is 166 Å².